The Morgan fingerprint density at radius 3 is 3.00 bits per heavy atom. The van der Waals surface area contributed by atoms with Gasteiger partial charge in [0, 0.05) is 7.05 Å². The Morgan fingerprint density at radius 1 is 1.29 bits per heavy atom. The second-order valence-electron chi connectivity index (χ2n) is 5.45. The second-order valence-corrected chi connectivity index (χ2v) is 6.39. The van der Waals surface area contributed by atoms with Crippen molar-refractivity contribution in [2.24, 2.45) is 0 Å². The van der Waals surface area contributed by atoms with Crippen LogP contribution in [0.5, 0.6) is 0 Å². The molecule has 0 aliphatic rings. The first kappa shape index (κ1) is 14.6. The van der Waals surface area contributed by atoms with Crippen LogP contribution >= 0.6 is 11.3 Å². The van der Waals surface area contributed by atoms with Crippen LogP contribution in [0.15, 0.2) is 52.4 Å². The van der Waals surface area contributed by atoms with Gasteiger partial charge in [0.25, 0.3) is 5.91 Å². The molecule has 3 aromatic heterocycles. The number of benzene rings is 1. The Hall–Kier alpha value is -2.93. The van der Waals surface area contributed by atoms with Crippen molar-refractivity contribution in [1.29, 1.82) is 0 Å². The average molecular weight is 338 g/mol. The third-order valence-corrected chi connectivity index (χ3v) is 4.63. The van der Waals surface area contributed by atoms with Crippen molar-refractivity contribution < 1.29 is 9.32 Å². The quantitative estimate of drug-likeness (QED) is 0.617. The first-order valence-corrected chi connectivity index (χ1v) is 8.28. The van der Waals surface area contributed by atoms with Crippen LogP contribution in [0, 0.1) is 0 Å². The smallest absolute Gasteiger partial charge is 0.293 e. The molecule has 24 heavy (non-hydrogen) atoms. The van der Waals surface area contributed by atoms with E-state index in [1.54, 1.807) is 23.3 Å². The van der Waals surface area contributed by atoms with E-state index in [9.17, 15) is 4.79 Å². The third-order valence-electron chi connectivity index (χ3n) is 3.74. The highest BCUT2D eigenvalue weighted by Crippen LogP contribution is 2.24. The van der Waals surface area contributed by atoms with Gasteiger partial charge in [-0.2, -0.15) is 5.10 Å². The molecule has 0 fully saturated rings. The minimum Gasteiger partial charge on any atom is -0.350 e. The molecular formula is C17H14N4O2S. The van der Waals surface area contributed by atoms with E-state index in [1.165, 1.54) is 0 Å². The maximum atomic E-state index is 12.6. The maximum Gasteiger partial charge on any atom is 0.293 e. The topological polar surface area (TPSA) is 75.0 Å². The first-order chi connectivity index (χ1) is 11.7. The lowest BCUT2D eigenvalue weighted by Crippen LogP contribution is -2.26. The van der Waals surface area contributed by atoms with E-state index < -0.39 is 0 Å². The summed E-state index contributed by atoms with van der Waals surface area (Å²) in [5.74, 6) is 0.0436. The predicted molar refractivity (Wildman–Crippen MR) is 91.7 cm³/mol. The van der Waals surface area contributed by atoms with Crippen LogP contribution in [0.3, 0.4) is 0 Å². The second kappa shape index (κ2) is 5.93. The van der Waals surface area contributed by atoms with E-state index in [0.717, 1.165) is 21.7 Å². The van der Waals surface area contributed by atoms with Gasteiger partial charge in [-0.15, -0.1) is 11.3 Å². The fourth-order valence-corrected chi connectivity index (χ4v) is 3.22. The Labute approximate surface area is 141 Å². The third kappa shape index (κ3) is 2.59. The maximum absolute atomic E-state index is 12.6. The number of nitrogens with one attached hydrogen (secondary N) is 1. The summed E-state index contributed by atoms with van der Waals surface area (Å²) in [5.41, 5.74) is 2.42. The highest BCUT2D eigenvalue weighted by molar-refractivity contribution is 7.13. The zero-order valence-electron chi connectivity index (χ0n) is 12.9. The molecule has 0 aliphatic carbocycles. The molecule has 0 atom stereocenters. The number of thiophene rings is 1. The van der Waals surface area contributed by atoms with Gasteiger partial charge in [-0.25, -0.2) is 0 Å². The summed E-state index contributed by atoms with van der Waals surface area (Å²) in [4.78, 5) is 15.3. The molecule has 4 aromatic rings. The molecule has 6 nitrogen and oxygen atoms in total. The van der Waals surface area contributed by atoms with E-state index in [1.807, 2.05) is 47.8 Å². The minimum absolute atomic E-state index is 0.212. The SMILES string of the molecule is CN(Cc1cc(-c2cccs2)n[nH]1)C(=O)c1onc2ccccc12. The van der Waals surface area contributed by atoms with Crippen molar-refractivity contribution >= 4 is 28.1 Å². The number of amides is 1. The number of fused-ring (bicyclic) bond motifs is 1. The lowest BCUT2D eigenvalue weighted by atomic mass is 10.2. The van der Waals surface area contributed by atoms with Gasteiger partial charge < -0.3 is 9.42 Å². The van der Waals surface area contributed by atoms with Gasteiger partial charge in [-0.3, -0.25) is 9.89 Å². The molecule has 0 saturated heterocycles. The zero-order chi connectivity index (χ0) is 16.5. The highest BCUT2D eigenvalue weighted by Gasteiger charge is 2.21. The van der Waals surface area contributed by atoms with Gasteiger partial charge in [0.15, 0.2) is 0 Å². The van der Waals surface area contributed by atoms with E-state index in [0.29, 0.717) is 12.1 Å². The summed E-state index contributed by atoms with van der Waals surface area (Å²) >= 11 is 1.63. The van der Waals surface area contributed by atoms with Crippen molar-refractivity contribution in [3.63, 3.8) is 0 Å². The number of hydrogen-bond acceptors (Lipinski definition) is 5. The Kier molecular flexibility index (Phi) is 3.62. The molecule has 1 N–H and O–H groups in total. The summed E-state index contributed by atoms with van der Waals surface area (Å²) in [6.45, 7) is 0.409. The number of rotatable bonds is 4. The first-order valence-electron chi connectivity index (χ1n) is 7.40. The molecule has 0 spiro atoms. The summed E-state index contributed by atoms with van der Waals surface area (Å²) < 4.78 is 5.23. The van der Waals surface area contributed by atoms with Crippen LogP contribution in [-0.4, -0.2) is 33.2 Å². The van der Waals surface area contributed by atoms with Crippen molar-refractivity contribution in [3.05, 3.63) is 59.3 Å². The van der Waals surface area contributed by atoms with Gasteiger partial charge in [-0.05, 0) is 29.6 Å². The summed E-state index contributed by atoms with van der Waals surface area (Å²) in [6, 6.07) is 13.3. The minimum atomic E-state index is -0.212. The molecule has 0 saturated carbocycles. The number of aromatic nitrogens is 3. The number of carbonyl (C=O) groups excluding carboxylic acids is 1. The number of nitrogens with zero attached hydrogens (tertiary/aromatic N) is 3. The molecule has 0 radical (unpaired) electrons. The standard InChI is InChI=1S/C17H14N4O2S/c1-21(10-11-9-14(19-18-11)15-7-4-8-24-15)17(22)16-12-5-2-3-6-13(12)20-23-16/h2-9H,10H2,1H3,(H,18,19). The summed E-state index contributed by atoms with van der Waals surface area (Å²) in [6.07, 6.45) is 0. The molecule has 4 rings (SSSR count). The van der Waals surface area contributed by atoms with Crippen LogP contribution < -0.4 is 0 Å². The molecule has 0 aliphatic heterocycles. The normalized spacial score (nSPS) is 11.0. The van der Waals surface area contributed by atoms with Gasteiger partial charge in [-0.1, -0.05) is 23.4 Å². The molecule has 3 heterocycles. The van der Waals surface area contributed by atoms with Crippen molar-refractivity contribution in [2.75, 3.05) is 7.05 Å². The van der Waals surface area contributed by atoms with Crippen molar-refractivity contribution in [2.45, 2.75) is 6.54 Å². The monoisotopic (exact) mass is 338 g/mol. The van der Waals surface area contributed by atoms with Crippen molar-refractivity contribution in [1.82, 2.24) is 20.3 Å². The number of hydrogen-bond donors (Lipinski definition) is 1. The fourth-order valence-electron chi connectivity index (χ4n) is 2.54. The lowest BCUT2D eigenvalue weighted by molar-refractivity contribution is 0.0744. The van der Waals surface area contributed by atoms with Crippen LogP contribution in [0.25, 0.3) is 21.5 Å². The Balaban J connectivity index is 1.54. The molecule has 1 aromatic carbocycles. The van der Waals surface area contributed by atoms with Gasteiger partial charge in [0.1, 0.15) is 11.2 Å². The van der Waals surface area contributed by atoms with E-state index >= 15 is 0 Å². The molecule has 120 valence electrons. The largest absolute Gasteiger partial charge is 0.350 e. The predicted octanol–water partition coefficient (Wildman–Crippen LogP) is 3.55. The molecule has 0 bridgehead atoms. The van der Waals surface area contributed by atoms with Crippen LogP contribution in [-0.2, 0) is 6.54 Å². The van der Waals surface area contributed by atoms with Crippen LogP contribution in [0.4, 0.5) is 0 Å². The molecule has 1 amide bonds. The van der Waals surface area contributed by atoms with Gasteiger partial charge >= 0.3 is 0 Å². The number of H-pyrrole nitrogens is 1. The Bertz CT molecular complexity index is 987. The van der Waals surface area contributed by atoms with Crippen LogP contribution in [0.1, 0.15) is 16.2 Å². The Morgan fingerprint density at radius 2 is 2.17 bits per heavy atom. The van der Waals surface area contributed by atoms with E-state index in [2.05, 4.69) is 15.4 Å². The number of aromatic amines is 1. The fraction of sp³-hybridized carbons (Fsp3) is 0.118. The zero-order valence-corrected chi connectivity index (χ0v) is 13.7. The average Bonchev–Trinajstić information content (AvgIpc) is 3.33. The summed E-state index contributed by atoms with van der Waals surface area (Å²) in [5, 5.41) is 13.9. The highest BCUT2D eigenvalue weighted by atomic mass is 32.1. The summed E-state index contributed by atoms with van der Waals surface area (Å²) in [7, 11) is 1.73. The number of carbonyl (C=O) groups is 1. The van der Waals surface area contributed by atoms with E-state index in [-0.39, 0.29) is 11.7 Å². The van der Waals surface area contributed by atoms with Gasteiger partial charge in [0.2, 0.25) is 5.76 Å². The van der Waals surface area contributed by atoms with Gasteiger partial charge in [0.05, 0.1) is 22.5 Å². The van der Waals surface area contributed by atoms with Crippen molar-refractivity contribution in [3.8, 4) is 10.6 Å². The van der Waals surface area contributed by atoms with Crippen LogP contribution in [0.2, 0.25) is 0 Å². The molecule has 7 heteroatoms. The molecule has 0 unspecified atom stereocenters. The molecular weight excluding hydrogens is 324 g/mol. The lowest BCUT2D eigenvalue weighted by Gasteiger charge is -2.14. The van der Waals surface area contributed by atoms with E-state index in [4.69, 9.17) is 4.52 Å².